The fraction of sp³-hybridized carbons (Fsp3) is 0.250. The summed E-state index contributed by atoms with van der Waals surface area (Å²) in [7, 11) is 2.02. The highest BCUT2D eigenvalue weighted by Crippen LogP contribution is 2.30. The van der Waals surface area contributed by atoms with Gasteiger partial charge in [-0.2, -0.15) is 0 Å². The lowest BCUT2D eigenvalue weighted by atomic mass is 10.1. The average molecular weight is 355 g/mol. The van der Waals surface area contributed by atoms with Gasteiger partial charge >= 0.3 is 0 Å². The van der Waals surface area contributed by atoms with Crippen LogP contribution in [0.1, 0.15) is 24.2 Å². The Labute approximate surface area is 133 Å². The van der Waals surface area contributed by atoms with Crippen LogP contribution in [0.5, 0.6) is 0 Å². The standard InChI is InChI=1S/C16H17BrClNO/c1-11(20)12-7-8-16(14(17)9-12)19(2)10-13-5-3-4-6-15(13)18/h3-9,11,20H,10H2,1-2H3. The van der Waals surface area contributed by atoms with Crippen molar-refractivity contribution in [1.82, 2.24) is 0 Å². The van der Waals surface area contributed by atoms with Crippen molar-refractivity contribution in [3.63, 3.8) is 0 Å². The molecule has 0 radical (unpaired) electrons. The quantitative estimate of drug-likeness (QED) is 0.853. The lowest BCUT2D eigenvalue weighted by molar-refractivity contribution is 0.199. The number of halogens is 2. The van der Waals surface area contributed by atoms with E-state index >= 15 is 0 Å². The summed E-state index contributed by atoms with van der Waals surface area (Å²) in [5, 5.41) is 10.4. The smallest absolute Gasteiger partial charge is 0.0762 e. The van der Waals surface area contributed by atoms with Crippen molar-refractivity contribution in [3.8, 4) is 0 Å². The molecule has 2 nitrogen and oxygen atoms in total. The molecule has 0 saturated carbocycles. The summed E-state index contributed by atoms with van der Waals surface area (Å²) < 4.78 is 0.963. The van der Waals surface area contributed by atoms with E-state index in [4.69, 9.17) is 11.6 Å². The Hall–Kier alpha value is -1.03. The number of aliphatic hydroxyl groups excluding tert-OH is 1. The molecule has 0 fully saturated rings. The molecule has 4 heteroatoms. The van der Waals surface area contributed by atoms with E-state index in [1.54, 1.807) is 6.92 Å². The minimum atomic E-state index is -0.464. The van der Waals surface area contributed by atoms with E-state index in [2.05, 4.69) is 20.8 Å². The summed E-state index contributed by atoms with van der Waals surface area (Å²) in [5.41, 5.74) is 3.05. The number of nitrogens with zero attached hydrogens (tertiary/aromatic N) is 1. The first-order valence-corrected chi connectivity index (χ1v) is 7.58. The molecular weight excluding hydrogens is 338 g/mol. The molecule has 0 amide bonds. The minimum absolute atomic E-state index is 0.464. The van der Waals surface area contributed by atoms with E-state index in [1.807, 2.05) is 49.5 Å². The molecule has 0 aliphatic carbocycles. The van der Waals surface area contributed by atoms with E-state index in [0.29, 0.717) is 0 Å². The Morgan fingerprint density at radius 3 is 2.55 bits per heavy atom. The lowest BCUT2D eigenvalue weighted by Gasteiger charge is -2.22. The van der Waals surface area contributed by atoms with Crippen LogP contribution >= 0.6 is 27.5 Å². The summed E-state index contributed by atoms with van der Waals surface area (Å²) in [4.78, 5) is 2.12. The second-order valence-electron chi connectivity index (χ2n) is 4.83. The average Bonchev–Trinajstić information content (AvgIpc) is 2.41. The zero-order valence-corrected chi connectivity index (χ0v) is 13.8. The van der Waals surface area contributed by atoms with Gasteiger partial charge in [-0.3, -0.25) is 0 Å². The Bertz CT molecular complexity index is 601. The normalized spacial score (nSPS) is 12.2. The second kappa shape index (κ2) is 6.61. The lowest BCUT2D eigenvalue weighted by Crippen LogP contribution is -2.17. The summed E-state index contributed by atoms with van der Waals surface area (Å²) in [6, 6.07) is 13.7. The molecule has 0 spiro atoms. The highest BCUT2D eigenvalue weighted by atomic mass is 79.9. The monoisotopic (exact) mass is 353 g/mol. The van der Waals surface area contributed by atoms with Gasteiger partial charge in [-0.05, 0) is 52.2 Å². The molecule has 20 heavy (non-hydrogen) atoms. The number of anilines is 1. The molecule has 0 aliphatic heterocycles. The number of aliphatic hydroxyl groups is 1. The van der Waals surface area contributed by atoms with Crippen molar-refractivity contribution in [2.75, 3.05) is 11.9 Å². The van der Waals surface area contributed by atoms with E-state index in [-0.39, 0.29) is 0 Å². The summed E-state index contributed by atoms with van der Waals surface area (Å²) in [6.45, 7) is 2.49. The molecule has 2 aromatic carbocycles. The van der Waals surface area contributed by atoms with Crippen molar-refractivity contribution in [2.45, 2.75) is 19.6 Å². The van der Waals surface area contributed by atoms with Gasteiger partial charge in [-0.25, -0.2) is 0 Å². The largest absolute Gasteiger partial charge is 0.389 e. The zero-order valence-electron chi connectivity index (χ0n) is 11.5. The van der Waals surface area contributed by atoms with E-state index in [0.717, 1.165) is 32.9 Å². The summed E-state index contributed by atoms with van der Waals surface area (Å²) in [5.74, 6) is 0. The van der Waals surface area contributed by atoms with Crippen LogP contribution in [0.3, 0.4) is 0 Å². The maximum atomic E-state index is 9.60. The highest BCUT2D eigenvalue weighted by molar-refractivity contribution is 9.10. The molecule has 0 saturated heterocycles. The fourth-order valence-corrected chi connectivity index (χ4v) is 2.95. The predicted molar refractivity (Wildman–Crippen MR) is 88.3 cm³/mol. The topological polar surface area (TPSA) is 23.5 Å². The van der Waals surface area contributed by atoms with Crippen molar-refractivity contribution >= 4 is 33.2 Å². The Morgan fingerprint density at radius 2 is 1.95 bits per heavy atom. The third-order valence-corrected chi connectivity index (χ3v) is 4.23. The Morgan fingerprint density at radius 1 is 1.25 bits per heavy atom. The van der Waals surface area contributed by atoms with Crippen LogP contribution in [-0.4, -0.2) is 12.2 Å². The van der Waals surface area contributed by atoms with Crippen LogP contribution in [0, 0.1) is 0 Å². The molecule has 0 aromatic heterocycles. The van der Waals surface area contributed by atoms with E-state index < -0.39 is 6.10 Å². The van der Waals surface area contributed by atoms with Crippen LogP contribution < -0.4 is 4.90 Å². The van der Waals surface area contributed by atoms with E-state index in [9.17, 15) is 5.11 Å². The van der Waals surface area contributed by atoms with Crippen LogP contribution in [0.15, 0.2) is 46.9 Å². The summed E-state index contributed by atoms with van der Waals surface area (Å²) in [6.07, 6.45) is -0.464. The molecule has 1 atom stereocenters. The van der Waals surface area contributed by atoms with Gasteiger partial charge in [0.25, 0.3) is 0 Å². The SMILES string of the molecule is CC(O)c1ccc(N(C)Cc2ccccc2Cl)c(Br)c1. The molecular formula is C16H17BrClNO. The second-order valence-corrected chi connectivity index (χ2v) is 6.10. The molecule has 0 heterocycles. The van der Waals surface area contributed by atoms with Crippen LogP contribution in [0.25, 0.3) is 0 Å². The Kier molecular flexibility index (Phi) is 5.08. The fourth-order valence-electron chi connectivity index (χ4n) is 2.06. The van der Waals surface area contributed by atoms with Gasteiger partial charge in [0.2, 0.25) is 0 Å². The first-order valence-electron chi connectivity index (χ1n) is 6.41. The maximum Gasteiger partial charge on any atom is 0.0762 e. The summed E-state index contributed by atoms with van der Waals surface area (Å²) >= 11 is 9.75. The molecule has 0 aliphatic rings. The number of hydrogen-bond donors (Lipinski definition) is 1. The highest BCUT2D eigenvalue weighted by Gasteiger charge is 2.10. The molecule has 0 bridgehead atoms. The van der Waals surface area contributed by atoms with Crippen LogP contribution in [0.4, 0.5) is 5.69 Å². The van der Waals surface area contributed by atoms with Crippen molar-refractivity contribution in [1.29, 1.82) is 0 Å². The third kappa shape index (κ3) is 3.54. The number of benzene rings is 2. The van der Waals surface area contributed by atoms with Gasteiger partial charge in [0, 0.05) is 23.1 Å². The molecule has 1 N–H and O–H groups in total. The molecule has 106 valence electrons. The third-order valence-electron chi connectivity index (χ3n) is 3.23. The van der Waals surface area contributed by atoms with Gasteiger partial charge < -0.3 is 10.0 Å². The number of rotatable bonds is 4. The first kappa shape index (κ1) is 15.4. The van der Waals surface area contributed by atoms with Gasteiger partial charge in [0.05, 0.1) is 11.8 Å². The van der Waals surface area contributed by atoms with Crippen molar-refractivity contribution < 1.29 is 5.11 Å². The minimum Gasteiger partial charge on any atom is -0.389 e. The van der Waals surface area contributed by atoms with E-state index in [1.165, 1.54) is 0 Å². The van der Waals surface area contributed by atoms with Crippen LogP contribution in [0.2, 0.25) is 5.02 Å². The van der Waals surface area contributed by atoms with Gasteiger partial charge in [-0.15, -0.1) is 0 Å². The maximum absolute atomic E-state index is 9.60. The van der Waals surface area contributed by atoms with Gasteiger partial charge in [0.15, 0.2) is 0 Å². The predicted octanol–water partition coefficient (Wildman–Crippen LogP) is 4.79. The Balaban J connectivity index is 2.21. The zero-order chi connectivity index (χ0) is 14.7. The van der Waals surface area contributed by atoms with Gasteiger partial charge in [0.1, 0.15) is 0 Å². The van der Waals surface area contributed by atoms with Gasteiger partial charge in [-0.1, -0.05) is 35.9 Å². The van der Waals surface area contributed by atoms with Crippen LogP contribution in [-0.2, 0) is 6.54 Å². The van der Waals surface area contributed by atoms with Crippen molar-refractivity contribution in [2.24, 2.45) is 0 Å². The molecule has 1 unspecified atom stereocenters. The molecule has 2 aromatic rings. The molecule has 2 rings (SSSR count). The van der Waals surface area contributed by atoms with Crippen molar-refractivity contribution in [3.05, 3.63) is 63.1 Å². The number of hydrogen-bond acceptors (Lipinski definition) is 2. The first-order chi connectivity index (χ1) is 9.49.